The Morgan fingerprint density at radius 2 is 1.41 bits per heavy atom. The van der Waals surface area contributed by atoms with Crippen LogP contribution in [0.3, 0.4) is 0 Å². The van der Waals surface area contributed by atoms with Crippen LogP contribution < -0.4 is 23.7 Å². The van der Waals surface area contributed by atoms with Crippen molar-refractivity contribution >= 4 is 5.97 Å². The van der Waals surface area contributed by atoms with Gasteiger partial charge in [-0.05, 0) is 35.9 Å². The Kier molecular flexibility index (Phi) is 6.16. The normalized spacial score (nSPS) is 15.4. The van der Waals surface area contributed by atoms with Gasteiger partial charge in [-0.2, -0.15) is 0 Å². The summed E-state index contributed by atoms with van der Waals surface area (Å²) in [5, 5.41) is 0. The highest BCUT2D eigenvalue weighted by atomic mass is 16.5. The SMILES string of the molecule is COc1ccc(C2C=C(Cc3cc(OC)c(OC)c(OC)c3)C(=O)O2)cc1OC. The van der Waals surface area contributed by atoms with Crippen LogP contribution in [-0.4, -0.2) is 41.5 Å². The molecule has 0 N–H and O–H groups in total. The quantitative estimate of drug-likeness (QED) is 0.628. The topological polar surface area (TPSA) is 72.5 Å². The first-order valence-electron chi connectivity index (χ1n) is 8.97. The molecule has 0 saturated heterocycles. The van der Waals surface area contributed by atoms with E-state index in [9.17, 15) is 4.79 Å². The average molecular weight is 400 g/mol. The molecule has 0 fully saturated rings. The van der Waals surface area contributed by atoms with Crippen LogP contribution in [0.4, 0.5) is 0 Å². The summed E-state index contributed by atoms with van der Waals surface area (Å²) in [5.41, 5.74) is 2.20. The number of benzene rings is 2. The summed E-state index contributed by atoms with van der Waals surface area (Å²) in [6.07, 6.45) is 1.70. The van der Waals surface area contributed by atoms with E-state index in [2.05, 4.69) is 0 Å². The van der Waals surface area contributed by atoms with Gasteiger partial charge in [-0.25, -0.2) is 4.79 Å². The van der Waals surface area contributed by atoms with Crippen LogP contribution in [0.5, 0.6) is 28.7 Å². The molecule has 2 aromatic carbocycles. The van der Waals surface area contributed by atoms with Crippen molar-refractivity contribution in [1.29, 1.82) is 0 Å². The maximum atomic E-state index is 12.4. The minimum Gasteiger partial charge on any atom is -0.493 e. The standard InChI is InChI=1S/C22H24O7/c1-24-16-7-6-14(11-18(16)25-2)17-12-15(22(23)29-17)8-13-9-19(26-3)21(28-5)20(10-13)27-4/h6-7,9-12,17H,8H2,1-5H3. The molecule has 0 aliphatic carbocycles. The molecule has 7 heteroatoms. The Bertz CT molecular complexity index is 908. The van der Waals surface area contributed by atoms with Crippen LogP contribution in [0.25, 0.3) is 0 Å². The van der Waals surface area contributed by atoms with E-state index in [0.717, 1.165) is 11.1 Å². The van der Waals surface area contributed by atoms with Crippen LogP contribution in [0, 0.1) is 0 Å². The van der Waals surface area contributed by atoms with Gasteiger partial charge in [0.05, 0.1) is 35.5 Å². The lowest BCUT2D eigenvalue weighted by atomic mass is 10.0. The number of hydrogen-bond donors (Lipinski definition) is 0. The van der Waals surface area contributed by atoms with Gasteiger partial charge >= 0.3 is 5.97 Å². The fourth-order valence-electron chi connectivity index (χ4n) is 3.26. The summed E-state index contributed by atoms with van der Waals surface area (Å²) in [5.74, 6) is 2.40. The van der Waals surface area contributed by atoms with Crippen LogP contribution in [0.1, 0.15) is 17.2 Å². The third kappa shape index (κ3) is 4.08. The van der Waals surface area contributed by atoms with E-state index >= 15 is 0 Å². The Hall–Kier alpha value is -3.35. The summed E-state index contributed by atoms with van der Waals surface area (Å²) >= 11 is 0. The first kappa shape index (κ1) is 20.4. The van der Waals surface area contributed by atoms with Crippen molar-refractivity contribution in [3.8, 4) is 28.7 Å². The number of carbonyl (C=O) groups is 1. The van der Waals surface area contributed by atoms with E-state index in [1.54, 1.807) is 47.7 Å². The summed E-state index contributed by atoms with van der Waals surface area (Å²) < 4.78 is 32.2. The maximum Gasteiger partial charge on any atom is 0.335 e. The van der Waals surface area contributed by atoms with Gasteiger partial charge in [-0.3, -0.25) is 0 Å². The smallest absolute Gasteiger partial charge is 0.335 e. The van der Waals surface area contributed by atoms with E-state index < -0.39 is 6.10 Å². The second-order valence-electron chi connectivity index (χ2n) is 6.34. The maximum absolute atomic E-state index is 12.4. The second kappa shape index (κ2) is 8.77. The van der Waals surface area contributed by atoms with Crippen LogP contribution in [0.15, 0.2) is 42.0 Å². The Morgan fingerprint density at radius 3 is 1.97 bits per heavy atom. The van der Waals surface area contributed by atoms with Gasteiger partial charge in [0.15, 0.2) is 23.0 Å². The molecular formula is C22H24O7. The molecule has 0 amide bonds. The largest absolute Gasteiger partial charge is 0.493 e. The van der Waals surface area contributed by atoms with Gasteiger partial charge in [0, 0.05) is 17.6 Å². The summed E-state index contributed by atoms with van der Waals surface area (Å²) in [4.78, 5) is 12.4. The van der Waals surface area contributed by atoms with Gasteiger partial charge in [0.2, 0.25) is 5.75 Å². The van der Waals surface area contributed by atoms with Gasteiger partial charge in [-0.15, -0.1) is 0 Å². The van der Waals surface area contributed by atoms with Crippen LogP contribution in [0.2, 0.25) is 0 Å². The lowest BCUT2D eigenvalue weighted by Gasteiger charge is -2.14. The highest BCUT2D eigenvalue weighted by Crippen LogP contribution is 2.40. The number of hydrogen-bond acceptors (Lipinski definition) is 7. The number of esters is 1. The number of ether oxygens (including phenoxy) is 6. The molecule has 0 saturated carbocycles. The van der Waals surface area contributed by atoms with Crippen molar-refractivity contribution in [1.82, 2.24) is 0 Å². The van der Waals surface area contributed by atoms with E-state index in [-0.39, 0.29) is 5.97 Å². The highest BCUT2D eigenvalue weighted by Gasteiger charge is 2.28. The summed E-state index contributed by atoms with van der Waals surface area (Å²) in [6.45, 7) is 0. The van der Waals surface area contributed by atoms with Crippen LogP contribution >= 0.6 is 0 Å². The molecule has 7 nitrogen and oxygen atoms in total. The number of methoxy groups -OCH3 is 5. The first-order valence-corrected chi connectivity index (χ1v) is 8.97. The predicted molar refractivity (Wildman–Crippen MR) is 106 cm³/mol. The minimum atomic E-state index is -0.487. The van der Waals surface area contributed by atoms with Gasteiger partial charge in [0.1, 0.15) is 6.10 Å². The monoisotopic (exact) mass is 400 g/mol. The lowest BCUT2D eigenvalue weighted by Crippen LogP contribution is -2.05. The molecule has 29 heavy (non-hydrogen) atoms. The average Bonchev–Trinajstić information content (AvgIpc) is 3.12. The predicted octanol–water partition coefficient (Wildman–Crippen LogP) is 3.50. The zero-order chi connectivity index (χ0) is 21.0. The molecular weight excluding hydrogens is 376 g/mol. The molecule has 1 aliphatic rings. The van der Waals surface area contributed by atoms with Crippen molar-refractivity contribution in [2.45, 2.75) is 12.5 Å². The molecule has 1 aliphatic heterocycles. The van der Waals surface area contributed by atoms with E-state index in [4.69, 9.17) is 28.4 Å². The van der Waals surface area contributed by atoms with E-state index in [0.29, 0.717) is 40.7 Å². The van der Waals surface area contributed by atoms with Gasteiger partial charge in [0.25, 0.3) is 0 Å². The lowest BCUT2D eigenvalue weighted by molar-refractivity contribution is -0.139. The second-order valence-corrected chi connectivity index (χ2v) is 6.34. The molecule has 3 rings (SSSR count). The molecule has 1 unspecified atom stereocenters. The van der Waals surface area contributed by atoms with Crippen molar-refractivity contribution < 1.29 is 33.2 Å². The van der Waals surface area contributed by atoms with Crippen molar-refractivity contribution in [2.75, 3.05) is 35.5 Å². The fourth-order valence-corrected chi connectivity index (χ4v) is 3.26. The molecule has 1 heterocycles. The third-order valence-corrected chi connectivity index (χ3v) is 4.70. The number of cyclic esters (lactones) is 1. The van der Waals surface area contributed by atoms with Crippen molar-refractivity contribution in [3.63, 3.8) is 0 Å². The summed E-state index contributed by atoms with van der Waals surface area (Å²) in [6, 6.07) is 9.07. The molecule has 2 aromatic rings. The Labute approximate surface area is 169 Å². The number of carbonyl (C=O) groups excluding carboxylic acids is 1. The molecule has 0 spiro atoms. The molecule has 0 radical (unpaired) electrons. The fraction of sp³-hybridized carbons (Fsp3) is 0.318. The minimum absolute atomic E-state index is 0.362. The Balaban J connectivity index is 1.88. The van der Waals surface area contributed by atoms with Crippen LogP contribution in [-0.2, 0) is 16.0 Å². The third-order valence-electron chi connectivity index (χ3n) is 4.70. The Morgan fingerprint density at radius 1 is 0.793 bits per heavy atom. The molecule has 154 valence electrons. The first-order chi connectivity index (χ1) is 14.0. The number of rotatable bonds is 8. The van der Waals surface area contributed by atoms with E-state index in [1.807, 2.05) is 24.3 Å². The molecule has 0 bridgehead atoms. The zero-order valence-corrected chi connectivity index (χ0v) is 17.1. The van der Waals surface area contributed by atoms with Gasteiger partial charge < -0.3 is 28.4 Å². The highest BCUT2D eigenvalue weighted by molar-refractivity contribution is 5.91. The summed E-state index contributed by atoms with van der Waals surface area (Å²) in [7, 11) is 7.79. The van der Waals surface area contributed by atoms with Crippen molar-refractivity contribution in [3.05, 3.63) is 53.1 Å². The zero-order valence-electron chi connectivity index (χ0n) is 17.1. The van der Waals surface area contributed by atoms with Crippen molar-refractivity contribution in [2.24, 2.45) is 0 Å². The molecule has 0 aromatic heterocycles. The molecule has 1 atom stereocenters. The van der Waals surface area contributed by atoms with E-state index in [1.165, 1.54) is 0 Å². The van der Waals surface area contributed by atoms with Gasteiger partial charge in [-0.1, -0.05) is 6.07 Å².